The Morgan fingerprint density at radius 1 is 1.48 bits per heavy atom. The van der Waals surface area contributed by atoms with E-state index in [0.29, 0.717) is 24.7 Å². The van der Waals surface area contributed by atoms with Crippen LogP contribution in [0, 0.1) is 0 Å². The maximum Gasteiger partial charge on any atom is 0.216 e. The van der Waals surface area contributed by atoms with Gasteiger partial charge in [-0.3, -0.25) is 10.2 Å². The third kappa shape index (κ3) is 6.57. The van der Waals surface area contributed by atoms with Gasteiger partial charge in [-0.1, -0.05) is 0 Å². The Bertz CT molecular complexity index is 534. The second kappa shape index (κ2) is 8.75. The molecule has 0 aliphatic rings. The Balaban J connectivity index is 2.63. The average molecular weight is 310 g/mol. The molecule has 1 aromatic rings. The quantitative estimate of drug-likeness (QED) is 0.291. The summed E-state index contributed by atoms with van der Waals surface area (Å²) < 4.78 is 10.8. The number of hydrazone groups is 1. The molecular formula is C13H18N4O3S. The van der Waals surface area contributed by atoms with Gasteiger partial charge in [0.15, 0.2) is 16.6 Å². The summed E-state index contributed by atoms with van der Waals surface area (Å²) in [5.74, 6) is 1.06. The van der Waals surface area contributed by atoms with Crippen molar-refractivity contribution in [1.82, 2.24) is 10.7 Å². The molecule has 0 spiro atoms. The van der Waals surface area contributed by atoms with Gasteiger partial charge in [0.05, 0.1) is 19.9 Å². The van der Waals surface area contributed by atoms with Crippen molar-refractivity contribution in [2.45, 2.75) is 6.92 Å². The summed E-state index contributed by atoms with van der Waals surface area (Å²) in [5, 5.41) is 6.59. The summed E-state index contributed by atoms with van der Waals surface area (Å²) >= 11 is 4.64. The van der Waals surface area contributed by atoms with Crippen molar-refractivity contribution in [1.29, 1.82) is 0 Å². The van der Waals surface area contributed by atoms with Gasteiger partial charge in [-0.2, -0.15) is 5.10 Å². The fourth-order valence-corrected chi connectivity index (χ4v) is 1.49. The third-order valence-electron chi connectivity index (χ3n) is 2.31. The lowest BCUT2D eigenvalue weighted by atomic mass is 10.2. The van der Waals surface area contributed by atoms with Crippen molar-refractivity contribution in [3.05, 3.63) is 23.8 Å². The van der Waals surface area contributed by atoms with E-state index in [0.717, 1.165) is 5.56 Å². The number of nitrogens with zero attached hydrogens (tertiary/aromatic N) is 1. The molecule has 0 saturated carbocycles. The van der Waals surface area contributed by atoms with E-state index in [1.54, 1.807) is 31.5 Å². The number of carbonyl (C=O) groups excluding carboxylic acids is 1. The number of nitrogens with two attached hydrogens (primary N) is 1. The van der Waals surface area contributed by atoms with E-state index in [1.165, 1.54) is 6.92 Å². The molecule has 0 radical (unpaired) electrons. The number of benzene rings is 1. The molecule has 0 heterocycles. The van der Waals surface area contributed by atoms with Gasteiger partial charge in [-0.15, -0.1) is 0 Å². The SMILES string of the molecule is COc1cc(C=NNC(N)=S)ccc1OCCNC(C)=O. The van der Waals surface area contributed by atoms with E-state index in [4.69, 9.17) is 15.2 Å². The van der Waals surface area contributed by atoms with Crippen LogP contribution in [0.4, 0.5) is 0 Å². The smallest absolute Gasteiger partial charge is 0.216 e. The van der Waals surface area contributed by atoms with Crippen LogP contribution in [-0.4, -0.2) is 37.5 Å². The summed E-state index contributed by atoms with van der Waals surface area (Å²) in [7, 11) is 1.55. The van der Waals surface area contributed by atoms with E-state index in [1.807, 2.05) is 0 Å². The Labute approximate surface area is 128 Å². The van der Waals surface area contributed by atoms with E-state index in [9.17, 15) is 4.79 Å². The lowest BCUT2D eigenvalue weighted by Gasteiger charge is -2.11. The highest BCUT2D eigenvalue weighted by atomic mass is 32.1. The maximum absolute atomic E-state index is 10.7. The molecule has 114 valence electrons. The number of thiocarbonyl (C=S) groups is 1. The van der Waals surface area contributed by atoms with Crippen LogP contribution >= 0.6 is 12.2 Å². The zero-order valence-corrected chi connectivity index (χ0v) is 12.7. The van der Waals surface area contributed by atoms with E-state index in [-0.39, 0.29) is 11.0 Å². The number of nitrogens with one attached hydrogen (secondary N) is 2. The molecule has 0 unspecified atom stereocenters. The molecule has 0 aliphatic carbocycles. The summed E-state index contributed by atoms with van der Waals surface area (Å²) in [6.45, 7) is 2.24. The first-order valence-corrected chi connectivity index (χ1v) is 6.57. The number of ether oxygens (including phenoxy) is 2. The number of hydrogen-bond acceptors (Lipinski definition) is 5. The van der Waals surface area contributed by atoms with Gasteiger partial charge < -0.3 is 20.5 Å². The Hall–Kier alpha value is -2.35. The van der Waals surface area contributed by atoms with Crippen LogP contribution in [0.15, 0.2) is 23.3 Å². The van der Waals surface area contributed by atoms with Crippen LogP contribution in [0.5, 0.6) is 11.5 Å². The van der Waals surface area contributed by atoms with Gasteiger partial charge in [0.1, 0.15) is 6.61 Å². The van der Waals surface area contributed by atoms with Crippen molar-refractivity contribution in [2.24, 2.45) is 10.8 Å². The van der Waals surface area contributed by atoms with Crippen LogP contribution in [0.3, 0.4) is 0 Å². The van der Waals surface area contributed by atoms with Crippen molar-refractivity contribution < 1.29 is 14.3 Å². The molecule has 0 aliphatic heterocycles. The molecule has 0 aromatic heterocycles. The topological polar surface area (TPSA) is 98.0 Å². The first-order valence-electron chi connectivity index (χ1n) is 6.16. The molecule has 0 bridgehead atoms. The van der Waals surface area contributed by atoms with Crippen LogP contribution in [0.25, 0.3) is 0 Å². The fourth-order valence-electron chi connectivity index (χ4n) is 1.44. The van der Waals surface area contributed by atoms with Crippen molar-refractivity contribution >= 4 is 29.5 Å². The van der Waals surface area contributed by atoms with Crippen molar-refractivity contribution in [3.63, 3.8) is 0 Å². The lowest BCUT2D eigenvalue weighted by molar-refractivity contribution is -0.119. The Morgan fingerprint density at radius 2 is 2.24 bits per heavy atom. The first kappa shape index (κ1) is 16.7. The van der Waals surface area contributed by atoms with Crippen LogP contribution in [0.2, 0.25) is 0 Å². The molecule has 1 aromatic carbocycles. The molecule has 1 amide bonds. The van der Waals surface area contributed by atoms with Gasteiger partial charge in [-0.05, 0) is 36.0 Å². The predicted octanol–water partition coefficient (Wildman–Crippen LogP) is 0.377. The predicted molar refractivity (Wildman–Crippen MR) is 84.7 cm³/mol. The summed E-state index contributed by atoms with van der Waals surface area (Å²) in [5.41, 5.74) is 8.52. The molecule has 0 fully saturated rings. The number of amides is 1. The number of hydrogen-bond donors (Lipinski definition) is 3. The summed E-state index contributed by atoms with van der Waals surface area (Å²) in [4.78, 5) is 10.7. The molecule has 0 saturated heterocycles. The van der Waals surface area contributed by atoms with Gasteiger partial charge in [0.25, 0.3) is 0 Å². The normalized spacial score (nSPS) is 10.2. The zero-order valence-electron chi connectivity index (χ0n) is 11.9. The molecule has 8 heteroatoms. The molecule has 4 N–H and O–H groups in total. The van der Waals surface area contributed by atoms with Gasteiger partial charge in [0, 0.05) is 6.92 Å². The molecule has 21 heavy (non-hydrogen) atoms. The number of rotatable bonds is 7. The molecule has 1 rings (SSSR count). The standard InChI is InChI=1S/C13H18N4O3S/c1-9(18)15-5-6-20-11-4-3-10(7-12(11)19-2)8-16-17-13(14)21/h3-4,7-8H,5-6H2,1-2H3,(H,15,18)(H3,14,17,21). The second-order valence-corrected chi connectivity index (χ2v) is 4.42. The molecule has 7 nitrogen and oxygen atoms in total. The minimum Gasteiger partial charge on any atom is -0.493 e. The minimum absolute atomic E-state index is 0.0936. The Kier molecular flexibility index (Phi) is 6.96. The number of carbonyl (C=O) groups is 1. The zero-order chi connectivity index (χ0) is 15.7. The van der Waals surface area contributed by atoms with Crippen molar-refractivity contribution in [2.75, 3.05) is 20.3 Å². The average Bonchev–Trinajstić information content (AvgIpc) is 2.43. The van der Waals surface area contributed by atoms with E-state index >= 15 is 0 Å². The van der Waals surface area contributed by atoms with E-state index < -0.39 is 0 Å². The highest BCUT2D eigenvalue weighted by molar-refractivity contribution is 7.80. The van der Waals surface area contributed by atoms with E-state index in [2.05, 4.69) is 28.1 Å². The monoisotopic (exact) mass is 310 g/mol. The van der Waals surface area contributed by atoms with Crippen LogP contribution in [-0.2, 0) is 4.79 Å². The second-order valence-electron chi connectivity index (χ2n) is 3.98. The third-order valence-corrected chi connectivity index (χ3v) is 2.40. The Morgan fingerprint density at radius 3 is 2.86 bits per heavy atom. The largest absolute Gasteiger partial charge is 0.493 e. The molecule has 0 atom stereocenters. The lowest BCUT2D eigenvalue weighted by Crippen LogP contribution is -2.25. The summed E-state index contributed by atoms with van der Waals surface area (Å²) in [6, 6.07) is 5.33. The highest BCUT2D eigenvalue weighted by Crippen LogP contribution is 2.27. The van der Waals surface area contributed by atoms with Gasteiger partial charge in [0.2, 0.25) is 5.91 Å². The summed E-state index contributed by atoms with van der Waals surface area (Å²) in [6.07, 6.45) is 1.56. The van der Waals surface area contributed by atoms with Gasteiger partial charge >= 0.3 is 0 Å². The number of methoxy groups -OCH3 is 1. The van der Waals surface area contributed by atoms with Crippen LogP contribution in [0.1, 0.15) is 12.5 Å². The first-order chi connectivity index (χ1) is 10.0. The van der Waals surface area contributed by atoms with Gasteiger partial charge in [-0.25, -0.2) is 0 Å². The minimum atomic E-state index is -0.0950. The fraction of sp³-hybridized carbons (Fsp3) is 0.308. The van der Waals surface area contributed by atoms with Crippen molar-refractivity contribution in [3.8, 4) is 11.5 Å². The highest BCUT2D eigenvalue weighted by Gasteiger charge is 2.05. The van der Waals surface area contributed by atoms with Crippen LogP contribution < -0.4 is 25.9 Å². The molecular weight excluding hydrogens is 292 g/mol. The maximum atomic E-state index is 10.7.